The van der Waals surface area contributed by atoms with Crippen LogP contribution in [0.5, 0.6) is 0 Å². The van der Waals surface area contributed by atoms with Crippen molar-refractivity contribution in [1.29, 1.82) is 0 Å². The van der Waals surface area contributed by atoms with E-state index in [1.165, 1.54) is 4.31 Å². The van der Waals surface area contributed by atoms with Gasteiger partial charge in [-0.1, -0.05) is 44.4 Å². The van der Waals surface area contributed by atoms with E-state index >= 15 is 0 Å². The summed E-state index contributed by atoms with van der Waals surface area (Å²) in [6, 6.07) is 6.88. The highest BCUT2D eigenvalue weighted by molar-refractivity contribution is 7.89. The Morgan fingerprint density at radius 2 is 1.54 bits per heavy atom. The third kappa shape index (κ3) is 9.17. The Hall–Kier alpha value is -1.44. The molecule has 1 amide bonds. The van der Waals surface area contributed by atoms with E-state index in [4.69, 9.17) is 0 Å². The SMILES string of the molecule is CCCCNCCCN(CCC(=O)NCCCC)S(=O)(=O)c1ccc(C)cc1. The molecule has 2 N–H and O–H groups in total. The highest BCUT2D eigenvalue weighted by Gasteiger charge is 2.24. The van der Waals surface area contributed by atoms with Crippen molar-refractivity contribution < 1.29 is 13.2 Å². The van der Waals surface area contributed by atoms with Gasteiger partial charge in [-0.2, -0.15) is 4.31 Å². The zero-order chi connectivity index (χ0) is 20.8. The van der Waals surface area contributed by atoms with Crippen molar-refractivity contribution in [3.8, 4) is 0 Å². The molecule has 0 saturated heterocycles. The van der Waals surface area contributed by atoms with Crippen LogP contribution in [-0.4, -0.2) is 51.4 Å². The average Bonchev–Trinajstić information content (AvgIpc) is 2.67. The quantitative estimate of drug-likeness (QED) is 0.435. The fraction of sp³-hybridized carbons (Fsp3) is 0.667. The zero-order valence-corrected chi connectivity index (χ0v) is 18.5. The minimum absolute atomic E-state index is 0.0985. The lowest BCUT2D eigenvalue weighted by molar-refractivity contribution is -0.121. The van der Waals surface area contributed by atoms with Gasteiger partial charge in [-0.25, -0.2) is 8.42 Å². The molecule has 1 aromatic rings. The predicted octanol–water partition coefficient (Wildman–Crippen LogP) is 3.07. The van der Waals surface area contributed by atoms with Crippen LogP contribution in [0.15, 0.2) is 29.2 Å². The van der Waals surface area contributed by atoms with Gasteiger partial charge in [0.15, 0.2) is 0 Å². The smallest absolute Gasteiger partial charge is 0.243 e. The second-order valence-electron chi connectivity index (χ2n) is 7.13. The summed E-state index contributed by atoms with van der Waals surface area (Å²) < 4.78 is 27.6. The highest BCUT2D eigenvalue weighted by Crippen LogP contribution is 2.17. The number of unbranched alkanes of at least 4 members (excludes halogenated alkanes) is 2. The summed E-state index contributed by atoms with van der Waals surface area (Å²) in [5.74, 6) is -0.0985. The summed E-state index contributed by atoms with van der Waals surface area (Å²) in [7, 11) is -3.61. The molecule has 0 bridgehead atoms. The number of benzene rings is 1. The number of rotatable bonds is 15. The van der Waals surface area contributed by atoms with Crippen molar-refractivity contribution in [2.75, 3.05) is 32.7 Å². The molecule has 6 nitrogen and oxygen atoms in total. The summed E-state index contributed by atoms with van der Waals surface area (Å²) in [6.07, 6.45) is 5.08. The van der Waals surface area contributed by atoms with E-state index in [-0.39, 0.29) is 23.8 Å². The van der Waals surface area contributed by atoms with Gasteiger partial charge in [0.25, 0.3) is 0 Å². The summed E-state index contributed by atoms with van der Waals surface area (Å²) in [5.41, 5.74) is 1.01. The monoisotopic (exact) mass is 411 g/mol. The van der Waals surface area contributed by atoms with E-state index < -0.39 is 10.0 Å². The molecule has 7 heteroatoms. The van der Waals surface area contributed by atoms with Gasteiger partial charge >= 0.3 is 0 Å². The molecule has 160 valence electrons. The fourth-order valence-electron chi connectivity index (χ4n) is 2.74. The molecule has 0 heterocycles. The first-order valence-corrected chi connectivity index (χ1v) is 11.9. The maximum Gasteiger partial charge on any atom is 0.243 e. The van der Waals surface area contributed by atoms with Crippen LogP contribution in [0, 0.1) is 6.92 Å². The van der Waals surface area contributed by atoms with E-state index in [1.807, 2.05) is 6.92 Å². The van der Waals surface area contributed by atoms with Gasteiger partial charge in [0.1, 0.15) is 0 Å². The van der Waals surface area contributed by atoms with E-state index in [0.29, 0.717) is 19.5 Å². The van der Waals surface area contributed by atoms with Crippen molar-refractivity contribution in [2.24, 2.45) is 0 Å². The van der Waals surface area contributed by atoms with Crippen molar-refractivity contribution >= 4 is 15.9 Å². The Balaban J connectivity index is 2.70. The maximum atomic E-state index is 13.1. The molecule has 0 saturated carbocycles. The van der Waals surface area contributed by atoms with Crippen LogP contribution in [0.3, 0.4) is 0 Å². The van der Waals surface area contributed by atoms with Gasteiger partial charge in [0, 0.05) is 26.1 Å². The summed E-state index contributed by atoms with van der Waals surface area (Å²) in [5, 5.41) is 6.19. The van der Waals surface area contributed by atoms with Crippen LogP contribution >= 0.6 is 0 Å². The Kier molecular flexibility index (Phi) is 12.0. The number of aryl methyl sites for hydroxylation is 1. The molecular formula is C21H37N3O3S. The van der Waals surface area contributed by atoms with Crippen molar-refractivity contribution in [2.45, 2.75) is 64.2 Å². The summed E-state index contributed by atoms with van der Waals surface area (Å²) in [6.45, 7) is 9.09. The molecule has 28 heavy (non-hydrogen) atoms. The van der Waals surface area contributed by atoms with Crippen LogP contribution in [0.4, 0.5) is 0 Å². The number of nitrogens with one attached hydrogen (secondary N) is 2. The third-order valence-electron chi connectivity index (χ3n) is 4.57. The molecule has 0 aliphatic heterocycles. The lowest BCUT2D eigenvalue weighted by Gasteiger charge is -2.22. The molecule has 0 aromatic heterocycles. The second kappa shape index (κ2) is 13.7. The number of hydrogen-bond donors (Lipinski definition) is 2. The topological polar surface area (TPSA) is 78.5 Å². The standard InChI is InChI=1S/C21H37N3O3S/c1-4-6-14-22-15-8-17-24(18-13-21(25)23-16-7-5-2)28(26,27)20-11-9-19(3)10-12-20/h9-12,22H,4-8,13-18H2,1-3H3,(H,23,25). The molecule has 0 aliphatic rings. The lowest BCUT2D eigenvalue weighted by Crippen LogP contribution is -2.37. The number of carbonyl (C=O) groups is 1. The zero-order valence-electron chi connectivity index (χ0n) is 17.7. The Morgan fingerprint density at radius 1 is 0.929 bits per heavy atom. The molecule has 1 rings (SSSR count). The second-order valence-corrected chi connectivity index (χ2v) is 9.07. The number of hydrogen-bond acceptors (Lipinski definition) is 4. The maximum absolute atomic E-state index is 13.1. The van der Waals surface area contributed by atoms with Crippen molar-refractivity contribution in [3.63, 3.8) is 0 Å². The van der Waals surface area contributed by atoms with Crippen molar-refractivity contribution in [1.82, 2.24) is 14.9 Å². The molecule has 0 radical (unpaired) electrons. The van der Waals surface area contributed by atoms with Crippen LogP contribution in [0.25, 0.3) is 0 Å². The molecule has 0 atom stereocenters. The highest BCUT2D eigenvalue weighted by atomic mass is 32.2. The predicted molar refractivity (Wildman–Crippen MR) is 115 cm³/mol. The normalized spacial score (nSPS) is 11.7. The minimum atomic E-state index is -3.61. The van der Waals surface area contributed by atoms with Gasteiger partial charge < -0.3 is 10.6 Å². The van der Waals surface area contributed by atoms with Gasteiger partial charge in [-0.15, -0.1) is 0 Å². The first kappa shape index (κ1) is 24.6. The van der Waals surface area contributed by atoms with E-state index in [2.05, 4.69) is 24.5 Å². The third-order valence-corrected chi connectivity index (χ3v) is 6.48. The molecule has 0 spiro atoms. The van der Waals surface area contributed by atoms with Crippen LogP contribution in [-0.2, 0) is 14.8 Å². The summed E-state index contributed by atoms with van der Waals surface area (Å²) in [4.78, 5) is 12.3. The van der Waals surface area contributed by atoms with E-state index in [9.17, 15) is 13.2 Å². The van der Waals surface area contributed by atoms with Gasteiger partial charge in [-0.05, 0) is 51.4 Å². The fourth-order valence-corrected chi connectivity index (χ4v) is 4.22. The van der Waals surface area contributed by atoms with Crippen LogP contribution in [0.2, 0.25) is 0 Å². The van der Waals surface area contributed by atoms with Gasteiger partial charge in [-0.3, -0.25) is 4.79 Å². The molecule has 0 aliphatic carbocycles. The molecule has 0 unspecified atom stereocenters. The molecular weight excluding hydrogens is 374 g/mol. The number of carbonyl (C=O) groups excluding carboxylic acids is 1. The lowest BCUT2D eigenvalue weighted by atomic mass is 10.2. The van der Waals surface area contributed by atoms with Gasteiger partial charge in [0.05, 0.1) is 4.90 Å². The Morgan fingerprint density at radius 3 is 2.18 bits per heavy atom. The van der Waals surface area contributed by atoms with Crippen molar-refractivity contribution in [3.05, 3.63) is 29.8 Å². The summed E-state index contributed by atoms with van der Waals surface area (Å²) >= 11 is 0. The molecule has 0 fully saturated rings. The van der Waals surface area contributed by atoms with Crippen LogP contribution in [0.1, 0.15) is 57.9 Å². The number of amides is 1. The van der Waals surface area contributed by atoms with E-state index in [0.717, 1.165) is 44.3 Å². The van der Waals surface area contributed by atoms with Crippen LogP contribution < -0.4 is 10.6 Å². The number of nitrogens with zero attached hydrogens (tertiary/aromatic N) is 1. The largest absolute Gasteiger partial charge is 0.356 e. The minimum Gasteiger partial charge on any atom is -0.356 e. The van der Waals surface area contributed by atoms with Gasteiger partial charge in [0.2, 0.25) is 15.9 Å². The Bertz CT molecular complexity index is 660. The van der Waals surface area contributed by atoms with E-state index in [1.54, 1.807) is 24.3 Å². The first-order valence-electron chi connectivity index (χ1n) is 10.5. The first-order chi connectivity index (χ1) is 13.4. The Labute approximate surface area is 171 Å². The average molecular weight is 412 g/mol. The molecule has 1 aromatic carbocycles. The number of sulfonamides is 1.